The van der Waals surface area contributed by atoms with Crippen molar-refractivity contribution in [3.63, 3.8) is 0 Å². The quantitative estimate of drug-likeness (QED) is 0.767. The predicted molar refractivity (Wildman–Crippen MR) is 89.4 cm³/mol. The molecule has 0 saturated carbocycles. The molecule has 1 aromatic carbocycles. The van der Waals surface area contributed by atoms with Crippen LogP contribution in [0.2, 0.25) is 5.02 Å². The number of carbonyl (C=O) groups excluding carboxylic acids is 1. The molecular weight excluding hydrogens is 318 g/mol. The molecule has 0 spiro atoms. The molecule has 1 saturated heterocycles. The van der Waals surface area contributed by atoms with Crippen molar-refractivity contribution in [3.8, 4) is 0 Å². The largest absolute Gasteiger partial charge is 0.383 e. The number of rotatable bonds is 7. The van der Waals surface area contributed by atoms with Crippen LogP contribution in [0.1, 0.15) is 11.6 Å². The van der Waals surface area contributed by atoms with Crippen LogP contribution in [0.5, 0.6) is 0 Å². The van der Waals surface area contributed by atoms with E-state index in [9.17, 15) is 4.79 Å². The molecule has 1 aromatic rings. The minimum atomic E-state index is -0.662. The molecule has 1 amide bonds. The van der Waals surface area contributed by atoms with Crippen molar-refractivity contribution >= 4 is 17.5 Å². The SMILES string of the molecule is COCC(N)C(=O)NCC(c1cccc(Cl)c1)N1CCOCC1. The maximum atomic E-state index is 12.0. The number of nitrogens with one attached hydrogen (secondary N) is 1. The molecule has 23 heavy (non-hydrogen) atoms. The number of hydrogen-bond donors (Lipinski definition) is 2. The molecule has 0 aliphatic carbocycles. The minimum absolute atomic E-state index is 0.0382. The van der Waals surface area contributed by atoms with Crippen LogP contribution in [-0.4, -0.2) is 63.4 Å². The Kier molecular flexibility index (Phi) is 7.26. The highest BCUT2D eigenvalue weighted by molar-refractivity contribution is 6.30. The lowest BCUT2D eigenvalue weighted by molar-refractivity contribution is -0.123. The fourth-order valence-electron chi connectivity index (χ4n) is 2.64. The number of hydrogen-bond acceptors (Lipinski definition) is 5. The molecule has 2 rings (SSSR count). The molecule has 3 N–H and O–H groups in total. The molecule has 0 aromatic heterocycles. The summed E-state index contributed by atoms with van der Waals surface area (Å²) in [7, 11) is 1.52. The van der Waals surface area contributed by atoms with Gasteiger partial charge in [0, 0.05) is 31.8 Å². The van der Waals surface area contributed by atoms with Gasteiger partial charge in [-0.2, -0.15) is 0 Å². The first kappa shape index (κ1) is 18.2. The number of benzene rings is 1. The molecule has 7 heteroatoms. The molecular formula is C16H24ClN3O3. The molecule has 128 valence electrons. The fourth-order valence-corrected chi connectivity index (χ4v) is 2.84. The van der Waals surface area contributed by atoms with Gasteiger partial charge in [-0.15, -0.1) is 0 Å². The van der Waals surface area contributed by atoms with Crippen molar-refractivity contribution in [2.75, 3.05) is 46.6 Å². The summed E-state index contributed by atoms with van der Waals surface area (Å²) in [5.74, 6) is -0.216. The van der Waals surface area contributed by atoms with Crippen molar-refractivity contribution in [2.24, 2.45) is 5.73 Å². The van der Waals surface area contributed by atoms with Crippen molar-refractivity contribution in [2.45, 2.75) is 12.1 Å². The first-order valence-corrected chi connectivity index (χ1v) is 8.09. The van der Waals surface area contributed by atoms with Gasteiger partial charge in [0.25, 0.3) is 0 Å². The zero-order valence-corrected chi connectivity index (χ0v) is 14.1. The normalized spacial score (nSPS) is 18.4. The average molecular weight is 342 g/mol. The third-order valence-electron chi connectivity index (χ3n) is 3.87. The summed E-state index contributed by atoms with van der Waals surface area (Å²) in [6, 6.07) is 7.09. The van der Waals surface area contributed by atoms with Gasteiger partial charge in [0.05, 0.1) is 25.9 Å². The number of methoxy groups -OCH3 is 1. The van der Waals surface area contributed by atoms with Crippen LogP contribution in [0.4, 0.5) is 0 Å². The van der Waals surface area contributed by atoms with Crippen LogP contribution in [0.3, 0.4) is 0 Å². The Balaban J connectivity index is 2.06. The summed E-state index contributed by atoms with van der Waals surface area (Å²) >= 11 is 6.12. The van der Waals surface area contributed by atoms with Gasteiger partial charge in [0.2, 0.25) is 5.91 Å². The molecule has 1 fully saturated rings. The van der Waals surface area contributed by atoms with E-state index in [1.807, 2.05) is 24.3 Å². The number of amides is 1. The Morgan fingerprint density at radius 1 is 1.48 bits per heavy atom. The molecule has 0 radical (unpaired) electrons. The van der Waals surface area contributed by atoms with Gasteiger partial charge < -0.3 is 20.5 Å². The van der Waals surface area contributed by atoms with Crippen LogP contribution in [-0.2, 0) is 14.3 Å². The third-order valence-corrected chi connectivity index (χ3v) is 4.11. The first-order valence-electron chi connectivity index (χ1n) is 7.71. The van der Waals surface area contributed by atoms with Gasteiger partial charge in [0.1, 0.15) is 6.04 Å². The van der Waals surface area contributed by atoms with Gasteiger partial charge in [-0.3, -0.25) is 9.69 Å². The minimum Gasteiger partial charge on any atom is -0.383 e. The van der Waals surface area contributed by atoms with E-state index in [1.165, 1.54) is 7.11 Å². The van der Waals surface area contributed by atoms with Crippen molar-refractivity contribution < 1.29 is 14.3 Å². The second kappa shape index (κ2) is 9.20. The third kappa shape index (κ3) is 5.44. The maximum absolute atomic E-state index is 12.0. The number of nitrogens with zero attached hydrogens (tertiary/aromatic N) is 1. The number of halogens is 1. The van der Waals surface area contributed by atoms with E-state index in [1.54, 1.807) is 0 Å². The van der Waals surface area contributed by atoms with Crippen LogP contribution in [0.15, 0.2) is 24.3 Å². The summed E-state index contributed by atoms with van der Waals surface area (Å²) < 4.78 is 10.3. The lowest BCUT2D eigenvalue weighted by atomic mass is 10.0. The smallest absolute Gasteiger partial charge is 0.239 e. The maximum Gasteiger partial charge on any atom is 0.239 e. The number of nitrogens with two attached hydrogens (primary N) is 1. The second-order valence-electron chi connectivity index (χ2n) is 5.53. The Morgan fingerprint density at radius 2 is 2.22 bits per heavy atom. The number of morpholine rings is 1. The number of carbonyl (C=O) groups is 1. The summed E-state index contributed by atoms with van der Waals surface area (Å²) in [6.45, 7) is 3.68. The van der Waals surface area contributed by atoms with E-state index in [0.29, 0.717) is 24.8 Å². The van der Waals surface area contributed by atoms with E-state index in [0.717, 1.165) is 18.7 Å². The van der Waals surface area contributed by atoms with Gasteiger partial charge >= 0.3 is 0 Å². The Hall–Kier alpha value is -1.18. The zero-order chi connectivity index (χ0) is 16.7. The monoisotopic (exact) mass is 341 g/mol. The lowest BCUT2D eigenvalue weighted by Gasteiger charge is -2.35. The second-order valence-corrected chi connectivity index (χ2v) is 5.96. The standard InChI is InChI=1S/C16H24ClN3O3/c1-22-11-14(18)16(21)19-10-15(20-5-7-23-8-6-20)12-3-2-4-13(17)9-12/h2-4,9,14-15H,5-8,10-11,18H2,1H3,(H,19,21). The highest BCUT2D eigenvalue weighted by Gasteiger charge is 2.24. The van der Waals surface area contributed by atoms with Gasteiger partial charge in [-0.25, -0.2) is 0 Å². The zero-order valence-electron chi connectivity index (χ0n) is 13.3. The summed E-state index contributed by atoms with van der Waals surface area (Å²) in [4.78, 5) is 14.3. The molecule has 1 heterocycles. The molecule has 6 nitrogen and oxygen atoms in total. The van der Waals surface area contributed by atoms with E-state index < -0.39 is 6.04 Å². The van der Waals surface area contributed by atoms with E-state index in [2.05, 4.69) is 10.2 Å². The van der Waals surface area contributed by atoms with Gasteiger partial charge in [0.15, 0.2) is 0 Å². The summed E-state index contributed by atoms with van der Waals surface area (Å²) in [5, 5.41) is 3.60. The topological polar surface area (TPSA) is 76.8 Å². The van der Waals surface area contributed by atoms with Crippen LogP contribution in [0, 0.1) is 0 Å². The van der Waals surface area contributed by atoms with E-state index in [4.69, 9.17) is 26.8 Å². The molecule has 1 aliphatic rings. The van der Waals surface area contributed by atoms with Crippen molar-refractivity contribution in [1.29, 1.82) is 0 Å². The van der Waals surface area contributed by atoms with Gasteiger partial charge in [-0.1, -0.05) is 23.7 Å². The summed E-state index contributed by atoms with van der Waals surface area (Å²) in [6.07, 6.45) is 0. The fraction of sp³-hybridized carbons (Fsp3) is 0.562. The molecule has 2 atom stereocenters. The van der Waals surface area contributed by atoms with E-state index in [-0.39, 0.29) is 18.6 Å². The lowest BCUT2D eigenvalue weighted by Crippen LogP contribution is -2.48. The highest BCUT2D eigenvalue weighted by Crippen LogP contribution is 2.23. The molecule has 0 bridgehead atoms. The van der Waals surface area contributed by atoms with Crippen molar-refractivity contribution in [3.05, 3.63) is 34.9 Å². The predicted octanol–water partition coefficient (Wildman–Crippen LogP) is 0.803. The number of ether oxygens (including phenoxy) is 2. The van der Waals surface area contributed by atoms with Crippen LogP contribution >= 0.6 is 11.6 Å². The molecule has 1 aliphatic heterocycles. The van der Waals surface area contributed by atoms with Crippen LogP contribution in [0.25, 0.3) is 0 Å². The molecule has 2 unspecified atom stereocenters. The van der Waals surface area contributed by atoms with Gasteiger partial charge in [-0.05, 0) is 17.7 Å². The first-order chi connectivity index (χ1) is 11.1. The average Bonchev–Trinajstić information content (AvgIpc) is 2.56. The Labute approximate surface area is 141 Å². The Morgan fingerprint density at radius 3 is 2.87 bits per heavy atom. The Bertz CT molecular complexity index is 509. The highest BCUT2D eigenvalue weighted by atomic mass is 35.5. The van der Waals surface area contributed by atoms with Crippen molar-refractivity contribution in [1.82, 2.24) is 10.2 Å². The summed E-state index contributed by atoms with van der Waals surface area (Å²) in [5.41, 5.74) is 6.83. The van der Waals surface area contributed by atoms with E-state index >= 15 is 0 Å². The van der Waals surface area contributed by atoms with Crippen LogP contribution < -0.4 is 11.1 Å².